The molecule has 1 aromatic heterocycles. The van der Waals surface area contributed by atoms with Crippen LogP contribution >= 0.6 is 24.8 Å². The van der Waals surface area contributed by atoms with E-state index in [4.69, 9.17) is 0 Å². The lowest BCUT2D eigenvalue weighted by atomic mass is 9.67. The van der Waals surface area contributed by atoms with Gasteiger partial charge in [0.1, 0.15) is 5.82 Å². The van der Waals surface area contributed by atoms with Crippen molar-refractivity contribution in [2.75, 3.05) is 49.5 Å². The normalized spacial score (nSPS) is 13.6. The number of benzene rings is 3. The SMILES string of the molecule is C=CCNc1ccc(N2CCN(CCC(c3ccccc3)(c3ccccc3)c3ccccc3)CC2)nn1.Cl.Cl. The zero-order chi connectivity index (χ0) is 25.3. The maximum atomic E-state index is 4.45. The summed E-state index contributed by atoms with van der Waals surface area (Å²) in [6, 6.07) is 37.0. The molecule has 5 nitrogen and oxygen atoms in total. The van der Waals surface area contributed by atoms with Crippen molar-refractivity contribution in [1.29, 1.82) is 0 Å². The number of nitrogens with zero attached hydrogens (tertiary/aromatic N) is 4. The highest BCUT2D eigenvalue weighted by molar-refractivity contribution is 5.85. The van der Waals surface area contributed by atoms with Gasteiger partial charge in [-0.15, -0.1) is 41.6 Å². The second-order valence-electron chi connectivity index (χ2n) is 9.53. The Morgan fingerprint density at radius 2 is 1.21 bits per heavy atom. The predicted molar refractivity (Wildman–Crippen MR) is 168 cm³/mol. The van der Waals surface area contributed by atoms with Gasteiger partial charge >= 0.3 is 0 Å². The van der Waals surface area contributed by atoms with E-state index in [-0.39, 0.29) is 30.2 Å². The number of hydrogen-bond donors (Lipinski definition) is 1. The Labute approximate surface area is 244 Å². The molecule has 1 aliphatic rings. The molecule has 3 aromatic carbocycles. The summed E-state index contributed by atoms with van der Waals surface area (Å²) >= 11 is 0. The molecule has 0 spiro atoms. The Morgan fingerprint density at radius 1 is 0.692 bits per heavy atom. The molecule has 5 rings (SSSR count). The second-order valence-corrected chi connectivity index (χ2v) is 9.53. The van der Waals surface area contributed by atoms with Crippen LogP contribution in [0.2, 0.25) is 0 Å². The van der Waals surface area contributed by atoms with Crippen molar-refractivity contribution in [3.8, 4) is 0 Å². The van der Waals surface area contributed by atoms with Crippen LogP contribution in [0.4, 0.5) is 11.6 Å². The van der Waals surface area contributed by atoms with E-state index in [9.17, 15) is 0 Å². The van der Waals surface area contributed by atoms with Crippen LogP contribution in [0.1, 0.15) is 23.1 Å². The highest BCUT2D eigenvalue weighted by Gasteiger charge is 2.36. The molecule has 1 N–H and O–H groups in total. The van der Waals surface area contributed by atoms with E-state index in [2.05, 4.69) is 129 Å². The number of anilines is 2. The summed E-state index contributed by atoms with van der Waals surface area (Å²) in [5.41, 5.74) is 3.81. The van der Waals surface area contributed by atoms with Crippen LogP contribution in [0.15, 0.2) is 116 Å². The van der Waals surface area contributed by atoms with Crippen molar-refractivity contribution in [2.45, 2.75) is 11.8 Å². The largest absolute Gasteiger partial charge is 0.365 e. The smallest absolute Gasteiger partial charge is 0.151 e. The summed E-state index contributed by atoms with van der Waals surface area (Å²) in [5, 5.41) is 11.9. The molecule has 0 amide bonds. The van der Waals surface area contributed by atoms with Crippen LogP contribution in [0.25, 0.3) is 0 Å². The van der Waals surface area contributed by atoms with Crippen molar-refractivity contribution in [2.24, 2.45) is 0 Å². The van der Waals surface area contributed by atoms with E-state index in [0.29, 0.717) is 6.54 Å². The summed E-state index contributed by atoms with van der Waals surface area (Å²) in [5.74, 6) is 1.72. The molecule has 0 radical (unpaired) electrons. The van der Waals surface area contributed by atoms with Gasteiger partial charge in [-0.25, -0.2) is 0 Å². The van der Waals surface area contributed by atoms with Crippen LogP contribution in [-0.4, -0.2) is 54.4 Å². The molecule has 1 fully saturated rings. The molecule has 0 saturated carbocycles. The van der Waals surface area contributed by atoms with Crippen molar-refractivity contribution in [1.82, 2.24) is 15.1 Å². The van der Waals surface area contributed by atoms with Gasteiger partial charge in [-0.1, -0.05) is 97.1 Å². The van der Waals surface area contributed by atoms with Gasteiger partial charge in [-0.2, -0.15) is 0 Å². The third kappa shape index (κ3) is 6.99. The Kier molecular flexibility index (Phi) is 11.4. The second kappa shape index (κ2) is 14.7. The van der Waals surface area contributed by atoms with Crippen LogP contribution in [0, 0.1) is 0 Å². The molecule has 0 atom stereocenters. The molecular formula is C32H37Cl2N5. The average Bonchev–Trinajstić information content (AvgIpc) is 2.99. The van der Waals surface area contributed by atoms with E-state index >= 15 is 0 Å². The van der Waals surface area contributed by atoms with Gasteiger partial charge in [0.05, 0.1) is 0 Å². The topological polar surface area (TPSA) is 44.3 Å². The lowest BCUT2D eigenvalue weighted by Gasteiger charge is -2.40. The van der Waals surface area contributed by atoms with Crippen LogP contribution in [-0.2, 0) is 5.41 Å². The first kappa shape index (κ1) is 30.2. The fourth-order valence-electron chi connectivity index (χ4n) is 5.39. The molecular weight excluding hydrogens is 525 g/mol. The lowest BCUT2D eigenvalue weighted by Crippen LogP contribution is -2.48. The summed E-state index contributed by atoms with van der Waals surface area (Å²) in [7, 11) is 0. The highest BCUT2D eigenvalue weighted by atomic mass is 35.5. The fourth-order valence-corrected chi connectivity index (χ4v) is 5.39. The van der Waals surface area contributed by atoms with Crippen LogP contribution in [0.3, 0.4) is 0 Å². The van der Waals surface area contributed by atoms with Gasteiger partial charge in [0, 0.05) is 38.1 Å². The maximum Gasteiger partial charge on any atom is 0.151 e. The number of halogens is 2. The summed E-state index contributed by atoms with van der Waals surface area (Å²) in [4.78, 5) is 4.92. The zero-order valence-electron chi connectivity index (χ0n) is 22.2. The third-order valence-electron chi connectivity index (χ3n) is 7.38. The van der Waals surface area contributed by atoms with Gasteiger partial charge in [0.15, 0.2) is 5.82 Å². The quantitative estimate of drug-likeness (QED) is 0.178. The van der Waals surface area contributed by atoms with Crippen LogP contribution < -0.4 is 10.2 Å². The fraction of sp³-hybridized carbons (Fsp3) is 0.250. The molecule has 2 heterocycles. The summed E-state index contributed by atoms with van der Waals surface area (Å²) < 4.78 is 0. The van der Waals surface area contributed by atoms with Gasteiger partial charge in [0.25, 0.3) is 0 Å². The lowest BCUT2D eigenvalue weighted by molar-refractivity contribution is 0.241. The Balaban J connectivity index is 0.00000210. The third-order valence-corrected chi connectivity index (χ3v) is 7.38. The molecule has 1 saturated heterocycles. The minimum absolute atomic E-state index is 0. The molecule has 7 heteroatoms. The molecule has 204 valence electrons. The van der Waals surface area contributed by atoms with E-state index in [0.717, 1.165) is 50.8 Å². The maximum absolute atomic E-state index is 4.45. The molecule has 0 unspecified atom stereocenters. The van der Waals surface area contributed by atoms with E-state index in [1.54, 1.807) is 0 Å². The number of aromatic nitrogens is 2. The van der Waals surface area contributed by atoms with Gasteiger partial charge in [-0.05, 0) is 41.8 Å². The Bertz CT molecular complexity index is 1150. The van der Waals surface area contributed by atoms with Crippen molar-refractivity contribution >= 4 is 36.4 Å². The van der Waals surface area contributed by atoms with Crippen molar-refractivity contribution in [3.05, 3.63) is 132 Å². The zero-order valence-corrected chi connectivity index (χ0v) is 23.8. The predicted octanol–water partition coefficient (Wildman–Crippen LogP) is 6.46. The monoisotopic (exact) mass is 561 g/mol. The first-order chi connectivity index (χ1) is 18.3. The Morgan fingerprint density at radius 3 is 1.64 bits per heavy atom. The molecule has 1 aliphatic heterocycles. The molecule has 0 bridgehead atoms. The van der Waals surface area contributed by atoms with E-state index < -0.39 is 0 Å². The van der Waals surface area contributed by atoms with Crippen LogP contribution in [0.5, 0.6) is 0 Å². The molecule has 39 heavy (non-hydrogen) atoms. The number of nitrogens with one attached hydrogen (secondary N) is 1. The average molecular weight is 563 g/mol. The van der Waals surface area contributed by atoms with Gasteiger partial charge in [0.2, 0.25) is 0 Å². The van der Waals surface area contributed by atoms with E-state index in [1.807, 2.05) is 12.1 Å². The van der Waals surface area contributed by atoms with Crippen molar-refractivity contribution < 1.29 is 0 Å². The minimum Gasteiger partial charge on any atom is -0.365 e. The van der Waals surface area contributed by atoms with Gasteiger partial charge in [-0.3, -0.25) is 4.90 Å². The molecule has 4 aromatic rings. The number of piperazine rings is 1. The molecule has 0 aliphatic carbocycles. The highest BCUT2D eigenvalue weighted by Crippen LogP contribution is 2.42. The Hall–Kier alpha value is -3.38. The first-order valence-corrected chi connectivity index (χ1v) is 13.1. The summed E-state index contributed by atoms with van der Waals surface area (Å²) in [6.07, 6.45) is 2.82. The van der Waals surface area contributed by atoms with Crippen molar-refractivity contribution in [3.63, 3.8) is 0 Å². The minimum atomic E-state index is -0.208. The van der Waals surface area contributed by atoms with E-state index in [1.165, 1.54) is 16.7 Å². The first-order valence-electron chi connectivity index (χ1n) is 13.1. The summed E-state index contributed by atoms with van der Waals surface area (Å²) in [6.45, 7) is 9.34. The van der Waals surface area contributed by atoms with Gasteiger partial charge < -0.3 is 10.2 Å². The number of rotatable bonds is 10. The number of hydrogen-bond acceptors (Lipinski definition) is 5. The standard InChI is InChI=1S/C32H35N5.2ClH/c1-2-21-33-30-18-19-31(35-34-30)37-25-23-36(24-26-37)22-20-32(27-12-6-3-7-13-27,28-14-8-4-9-15-28)29-16-10-5-11-17-29;;/h2-19H,1,20-26H2,(H,33,34);2*1H.